The van der Waals surface area contributed by atoms with Crippen LogP contribution in [0.1, 0.15) is 18.4 Å². The summed E-state index contributed by atoms with van der Waals surface area (Å²) in [4.78, 5) is 2.37. The highest BCUT2D eigenvalue weighted by Crippen LogP contribution is 2.22. The van der Waals surface area contributed by atoms with E-state index in [0.29, 0.717) is 12.2 Å². The highest BCUT2D eigenvalue weighted by Gasteiger charge is 2.25. The maximum Gasteiger partial charge on any atom is 0.451 e. The molecule has 1 aromatic rings. The van der Waals surface area contributed by atoms with Crippen LogP contribution in [-0.4, -0.2) is 41.2 Å². The molecule has 2 rings (SSSR count). The van der Waals surface area contributed by atoms with Gasteiger partial charge in [0.25, 0.3) is 0 Å². The van der Waals surface area contributed by atoms with Gasteiger partial charge in [0.2, 0.25) is 0 Å². The maximum absolute atomic E-state index is 8.96. The van der Waals surface area contributed by atoms with E-state index in [1.807, 2.05) is 6.07 Å². The summed E-state index contributed by atoms with van der Waals surface area (Å²) in [5.74, 6) is 0.467. The van der Waals surface area contributed by atoms with Gasteiger partial charge in [0.1, 0.15) is 0 Å². The van der Waals surface area contributed by atoms with E-state index in [4.69, 9.17) is 15.8 Å². The molecular formula is C14H23BN2O2. The third-order valence-electron chi connectivity index (χ3n) is 3.73. The molecule has 0 radical (unpaired) electrons. The predicted octanol–water partition coefficient (Wildman–Crippen LogP) is 0.699. The Bertz CT molecular complexity index is 375. The van der Waals surface area contributed by atoms with Crippen molar-refractivity contribution in [2.24, 2.45) is 11.7 Å². The number of rotatable bonds is 5. The topological polar surface area (TPSA) is 69.7 Å². The molecule has 5 heteroatoms. The predicted molar refractivity (Wildman–Crippen MR) is 77.4 cm³/mol. The first-order chi connectivity index (χ1) is 9.13. The van der Waals surface area contributed by atoms with Crippen molar-refractivity contribution in [2.45, 2.75) is 31.7 Å². The average molecular weight is 262 g/mol. The fourth-order valence-corrected chi connectivity index (χ4v) is 2.91. The first-order valence-corrected chi connectivity index (χ1v) is 7.01. The van der Waals surface area contributed by atoms with Crippen LogP contribution in [0.4, 0.5) is 0 Å². The molecule has 0 aliphatic carbocycles. The molecule has 1 aromatic carbocycles. The smallest absolute Gasteiger partial charge is 0.427 e. The van der Waals surface area contributed by atoms with Crippen molar-refractivity contribution in [3.63, 3.8) is 0 Å². The zero-order chi connectivity index (χ0) is 13.7. The van der Waals surface area contributed by atoms with E-state index >= 15 is 0 Å². The average Bonchev–Trinajstić information content (AvgIpc) is 2.37. The summed E-state index contributed by atoms with van der Waals surface area (Å²) >= 11 is 0. The van der Waals surface area contributed by atoms with Crippen molar-refractivity contribution in [1.82, 2.24) is 4.90 Å². The standard InChI is InChI=1S/C14H23BN2O2/c16-14-8-13(6-7-15(18)19)10-17(11-14)9-12-4-2-1-3-5-12/h1-5,13-14,18-19H,6-11,16H2/t13-,14?/m1/s1. The SMILES string of the molecule is NC1C[C@@H](CCB(O)O)CN(Cc2ccccc2)C1. The van der Waals surface area contributed by atoms with Crippen molar-refractivity contribution in [1.29, 1.82) is 0 Å². The second-order valence-electron chi connectivity index (χ2n) is 5.60. The maximum atomic E-state index is 8.96. The normalized spacial score (nSPS) is 24.4. The molecule has 104 valence electrons. The monoisotopic (exact) mass is 262 g/mol. The summed E-state index contributed by atoms with van der Waals surface area (Å²) in [6, 6.07) is 10.6. The van der Waals surface area contributed by atoms with Gasteiger partial charge in [-0.25, -0.2) is 0 Å². The third-order valence-corrected chi connectivity index (χ3v) is 3.73. The van der Waals surface area contributed by atoms with Crippen molar-refractivity contribution >= 4 is 7.12 Å². The van der Waals surface area contributed by atoms with Crippen LogP contribution in [-0.2, 0) is 6.54 Å². The first kappa shape index (κ1) is 14.5. The van der Waals surface area contributed by atoms with Crippen molar-refractivity contribution in [3.05, 3.63) is 35.9 Å². The second-order valence-corrected chi connectivity index (χ2v) is 5.60. The third kappa shape index (κ3) is 4.95. The molecule has 0 spiro atoms. The number of nitrogens with two attached hydrogens (primary N) is 1. The van der Waals surface area contributed by atoms with Gasteiger partial charge in [0.15, 0.2) is 0 Å². The number of likely N-dealkylation sites (tertiary alicyclic amines) is 1. The van der Waals surface area contributed by atoms with Gasteiger partial charge in [-0.2, -0.15) is 0 Å². The number of hydrogen-bond donors (Lipinski definition) is 3. The number of hydrogen-bond acceptors (Lipinski definition) is 4. The highest BCUT2D eigenvalue weighted by molar-refractivity contribution is 6.40. The quantitative estimate of drug-likeness (QED) is 0.683. The molecule has 4 nitrogen and oxygen atoms in total. The molecule has 1 heterocycles. The minimum absolute atomic E-state index is 0.193. The largest absolute Gasteiger partial charge is 0.451 e. The Morgan fingerprint density at radius 3 is 2.63 bits per heavy atom. The summed E-state index contributed by atoms with van der Waals surface area (Å²) in [7, 11) is -1.19. The Morgan fingerprint density at radius 2 is 1.95 bits per heavy atom. The minimum Gasteiger partial charge on any atom is -0.427 e. The summed E-state index contributed by atoms with van der Waals surface area (Å²) in [5, 5.41) is 17.9. The number of nitrogens with zero attached hydrogens (tertiary/aromatic N) is 1. The minimum atomic E-state index is -1.19. The first-order valence-electron chi connectivity index (χ1n) is 7.01. The molecule has 1 aliphatic rings. The van der Waals surface area contributed by atoms with Gasteiger partial charge < -0.3 is 15.8 Å². The molecule has 0 amide bonds. The van der Waals surface area contributed by atoms with E-state index in [2.05, 4.69) is 29.2 Å². The van der Waals surface area contributed by atoms with Crippen molar-refractivity contribution in [3.8, 4) is 0 Å². The lowest BCUT2D eigenvalue weighted by atomic mass is 9.78. The summed E-state index contributed by atoms with van der Waals surface area (Å²) in [5.41, 5.74) is 7.41. The van der Waals surface area contributed by atoms with E-state index < -0.39 is 7.12 Å². The van der Waals surface area contributed by atoms with E-state index in [0.717, 1.165) is 32.5 Å². The molecule has 1 unspecified atom stereocenters. The lowest BCUT2D eigenvalue weighted by molar-refractivity contribution is 0.146. The number of piperidine rings is 1. The summed E-state index contributed by atoms with van der Waals surface area (Å²) < 4.78 is 0. The summed E-state index contributed by atoms with van der Waals surface area (Å²) in [6.45, 7) is 2.84. The van der Waals surface area contributed by atoms with Gasteiger partial charge in [0, 0.05) is 25.7 Å². The summed E-state index contributed by atoms with van der Waals surface area (Å²) in [6.07, 6.45) is 2.26. The molecule has 2 atom stereocenters. The molecule has 0 aromatic heterocycles. The van der Waals surface area contributed by atoms with Gasteiger partial charge in [-0.15, -0.1) is 0 Å². The van der Waals surface area contributed by atoms with Crippen LogP contribution in [0, 0.1) is 5.92 Å². The lowest BCUT2D eigenvalue weighted by Gasteiger charge is -2.36. The Morgan fingerprint density at radius 1 is 1.21 bits per heavy atom. The van der Waals surface area contributed by atoms with Gasteiger partial charge in [0.05, 0.1) is 0 Å². The zero-order valence-electron chi connectivity index (χ0n) is 11.3. The molecule has 0 saturated carbocycles. The van der Waals surface area contributed by atoms with E-state index in [-0.39, 0.29) is 6.04 Å². The van der Waals surface area contributed by atoms with Crippen LogP contribution in [0.25, 0.3) is 0 Å². The van der Waals surface area contributed by atoms with Crippen LogP contribution in [0.5, 0.6) is 0 Å². The molecular weight excluding hydrogens is 239 g/mol. The molecule has 1 saturated heterocycles. The van der Waals surface area contributed by atoms with Crippen LogP contribution in [0.3, 0.4) is 0 Å². The molecule has 4 N–H and O–H groups in total. The number of benzene rings is 1. The molecule has 19 heavy (non-hydrogen) atoms. The van der Waals surface area contributed by atoms with Crippen LogP contribution in [0.15, 0.2) is 30.3 Å². The van der Waals surface area contributed by atoms with Crippen molar-refractivity contribution in [2.75, 3.05) is 13.1 Å². The molecule has 0 bridgehead atoms. The van der Waals surface area contributed by atoms with Crippen LogP contribution in [0.2, 0.25) is 6.32 Å². The Hall–Kier alpha value is -0.875. The molecule has 1 fully saturated rings. The van der Waals surface area contributed by atoms with Crippen molar-refractivity contribution < 1.29 is 10.0 Å². The van der Waals surface area contributed by atoms with Gasteiger partial charge >= 0.3 is 7.12 Å². The van der Waals surface area contributed by atoms with Crippen LogP contribution >= 0.6 is 0 Å². The van der Waals surface area contributed by atoms with E-state index in [1.165, 1.54) is 5.56 Å². The van der Waals surface area contributed by atoms with E-state index in [1.54, 1.807) is 0 Å². The fraction of sp³-hybridized carbons (Fsp3) is 0.571. The zero-order valence-corrected chi connectivity index (χ0v) is 11.3. The van der Waals surface area contributed by atoms with Gasteiger partial charge in [-0.1, -0.05) is 36.8 Å². The van der Waals surface area contributed by atoms with Gasteiger partial charge in [-0.05, 0) is 24.2 Å². The van der Waals surface area contributed by atoms with E-state index in [9.17, 15) is 0 Å². The Labute approximate surface area is 115 Å². The van der Waals surface area contributed by atoms with Crippen LogP contribution < -0.4 is 5.73 Å². The Balaban J connectivity index is 1.87. The lowest BCUT2D eigenvalue weighted by Crippen LogP contribution is -2.46. The highest BCUT2D eigenvalue weighted by atomic mass is 16.4. The van der Waals surface area contributed by atoms with Gasteiger partial charge in [-0.3, -0.25) is 4.90 Å². The second kappa shape index (κ2) is 7.05. The fourth-order valence-electron chi connectivity index (χ4n) is 2.91. The Kier molecular flexibility index (Phi) is 5.40. The molecule has 1 aliphatic heterocycles.